The van der Waals surface area contributed by atoms with Crippen LogP contribution >= 0.6 is 0 Å². The van der Waals surface area contributed by atoms with Crippen molar-refractivity contribution >= 4 is 11.0 Å². The predicted octanol–water partition coefficient (Wildman–Crippen LogP) is 0.919. The molecule has 1 aliphatic heterocycles. The molecule has 2 N–H and O–H groups in total. The number of aliphatic hydroxyl groups excluding tert-OH is 2. The highest BCUT2D eigenvalue weighted by atomic mass is 16.6. The molecule has 0 bridgehead atoms. The fourth-order valence-electron chi connectivity index (χ4n) is 2.87. The highest BCUT2D eigenvalue weighted by Crippen LogP contribution is 2.33. The molecule has 114 valence electrons. The van der Waals surface area contributed by atoms with E-state index in [1.807, 2.05) is 26.0 Å². The summed E-state index contributed by atoms with van der Waals surface area (Å²) in [5.74, 6) is 0. The molecule has 1 fully saturated rings. The van der Waals surface area contributed by atoms with E-state index in [1.165, 1.54) is 12.7 Å². The van der Waals surface area contributed by atoms with Crippen LogP contribution in [-0.4, -0.2) is 51.8 Å². The standard InChI is InChI=1S/C15H20N2O4/c1-8-4-10-11(5-9(8)2)17(7-16-10)15-13(19)14(20-3)12(6-18)21-15/h4-5,7,12-15,18-19H,6H2,1-3H3/t12-,13-,14-,15+/m1/s1. The van der Waals surface area contributed by atoms with Crippen molar-refractivity contribution in [2.45, 2.75) is 38.4 Å². The van der Waals surface area contributed by atoms with Crippen molar-refractivity contribution in [2.24, 2.45) is 0 Å². The van der Waals surface area contributed by atoms with Crippen LogP contribution in [0, 0.1) is 13.8 Å². The Bertz CT molecular complexity index is 654. The molecule has 3 rings (SSSR count). The molecular weight excluding hydrogens is 272 g/mol. The summed E-state index contributed by atoms with van der Waals surface area (Å²) in [6, 6.07) is 4.04. The number of nitrogens with zero attached hydrogens (tertiary/aromatic N) is 2. The van der Waals surface area contributed by atoms with Gasteiger partial charge in [-0.05, 0) is 37.1 Å². The largest absolute Gasteiger partial charge is 0.394 e. The van der Waals surface area contributed by atoms with Crippen LogP contribution in [0.25, 0.3) is 11.0 Å². The number of rotatable bonds is 3. The minimum absolute atomic E-state index is 0.198. The van der Waals surface area contributed by atoms with Crippen LogP contribution in [0.4, 0.5) is 0 Å². The third-order valence-electron chi connectivity index (χ3n) is 4.23. The smallest absolute Gasteiger partial charge is 0.164 e. The van der Waals surface area contributed by atoms with Crippen molar-refractivity contribution in [3.63, 3.8) is 0 Å². The summed E-state index contributed by atoms with van der Waals surface area (Å²) in [5.41, 5.74) is 4.08. The van der Waals surface area contributed by atoms with Gasteiger partial charge in [0.1, 0.15) is 18.3 Å². The van der Waals surface area contributed by atoms with Crippen LogP contribution in [0.15, 0.2) is 18.5 Å². The zero-order valence-electron chi connectivity index (χ0n) is 12.4. The molecule has 0 unspecified atom stereocenters. The van der Waals surface area contributed by atoms with Gasteiger partial charge in [-0.2, -0.15) is 0 Å². The first-order valence-corrected chi connectivity index (χ1v) is 6.97. The van der Waals surface area contributed by atoms with E-state index in [0.717, 1.165) is 16.6 Å². The second kappa shape index (κ2) is 5.38. The van der Waals surface area contributed by atoms with Gasteiger partial charge in [-0.1, -0.05) is 0 Å². The summed E-state index contributed by atoms with van der Waals surface area (Å²) in [7, 11) is 1.50. The number of aromatic nitrogens is 2. The van der Waals surface area contributed by atoms with Crippen molar-refractivity contribution in [1.82, 2.24) is 9.55 Å². The molecule has 4 atom stereocenters. The molecule has 0 radical (unpaired) electrons. The van der Waals surface area contributed by atoms with Gasteiger partial charge < -0.3 is 24.3 Å². The summed E-state index contributed by atoms with van der Waals surface area (Å²) in [5, 5.41) is 19.7. The number of aliphatic hydroxyl groups is 2. The van der Waals surface area contributed by atoms with Crippen molar-refractivity contribution in [3.05, 3.63) is 29.6 Å². The minimum atomic E-state index is -0.855. The molecule has 2 aromatic rings. The van der Waals surface area contributed by atoms with E-state index >= 15 is 0 Å². The maximum absolute atomic E-state index is 10.4. The van der Waals surface area contributed by atoms with E-state index in [9.17, 15) is 10.2 Å². The highest BCUT2D eigenvalue weighted by Gasteiger charge is 2.44. The van der Waals surface area contributed by atoms with Crippen molar-refractivity contribution in [2.75, 3.05) is 13.7 Å². The van der Waals surface area contributed by atoms with E-state index < -0.39 is 24.5 Å². The summed E-state index contributed by atoms with van der Waals surface area (Å²) < 4.78 is 12.8. The maximum Gasteiger partial charge on any atom is 0.164 e. The third-order valence-corrected chi connectivity index (χ3v) is 4.23. The summed E-state index contributed by atoms with van der Waals surface area (Å²) in [6.45, 7) is 3.88. The first kappa shape index (κ1) is 14.5. The molecule has 0 amide bonds. The second-order valence-corrected chi connectivity index (χ2v) is 5.52. The molecule has 1 aromatic heterocycles. The van der Waals surface area contributed by atoms with E-state index in [2.05, 4.69) is 4.98 Å². The Morgan fingerprint density at radius 1 is 1.33 bits per heavy atom. The van der Waals surface area contributed by atoms with Gasteiger partial charge >= 0.3 is 0 Å². The second-order valence-electron chi connectivity index (χ2n) is 5.52. The first-order valence-electron chi connectivity index (χ1n) is 6.97. The average molecular weight is 292 g/mol. The number of hydrogen-bond donors (Lipinski definition) is 2. The molecule has 1 saturated heterocycles. The number of benzene rings is 1. The molecule has 2 heterocycles. The summed E-state index contributed by atoms with van der Waals surface area (Å²) >= 11 is 0. The summed E-state index contributed by atoms with van der Waals surface area (Å²) in [4.78, 5) is 4.37. The number of imidazole rings is 1. The predicted molar refractivity (Wildman–Crippen MR) is 77.0 cm³/mol. The van der Waals surface area contributed by atoms with Gasteiger partial charge in [-0.15, -0.1) is 0 Å². The quantitative estimate of drug-likeness (QED) is 0.879. The van der Waals surface area contributed by atoms with Crippen LogP contribution in [0.5, 0.6) is 0 Å². The Kier molecular flexibility index (Phi) is 3.71. The lowest BCUT2D eigenvalue weighted by Gasteiger charge is -2.18. The highest BCUT2D eigenvalue weighted by molar-refractivity contribution is 5.77. The fourth-order valence-corrected chi connectivity index (χ4v) is 2.87. The van der Waals surface area contributed by atoms with E-state index in [4.69, 9.17) is 9.47 Å². The molecule has 0 saturated carbocycles. The van der Waals surface area contributed by atoms with Gasteiger partial charge in [-0.25, -0.2) is 4.98 Å². The van der Waals surface area contributed by atoms with Crippen molar-refractivity contribution in [3.8, 4) is 0 Å². The normalized spacial score (nSPS) is 29.4. The minimum Gasteiger partial charge on any atom is -0.394 e. The number of hydrogen-bond acceptors (Lipinski definition) is 5. The monoisotopic (exact) mass is 292 g/mol. The molecule has 0 spiro atoms. The number of ether oxygens (including phenoxy) is 2. The van der Waals surface area contributed by atoms with E-state index in [1.54, 1.807) is 10.9 Å². The van der Waals surface area contributed by atoms with Gasteiger partial charge in [0, 0.05) is 7.11 Å². The van der Waals surface area contributed by atoms with Crippen LogP contribution in [0.1, 0.15) is 17.4 Å². The van der Waals surface area contributed by atoms with Crippen LogP contribution in [-0.2, 0) is 9.47 Å². The zero-order valence-corrected chi connectivity index (χ0v) is 12.4. The lowest BCUT2D eigenvalue weighted by atomic mass is 10.1. The molecule has 0 aliphatic carbocycles. The molecular formula is C15H20N2O4. The van der Waals surface area contributed by atoms with E-state index in [0.29, 0.717) is 0 Å². The van der Waals surface area contributed by atoms with Gasteiger partial charge in [0.05, 0.1) is 24.0 Å². The lowest BCUT2D eigenvalue weighted by molar-refractivity contribution is -0.0534. The maximum atomic E-state index is 10.4. The SMILES string of the molecule is CO[C@H]1[C@@H](O)[C@@H](n2cnc3cc(C)c(C)cc32)O[C@@H]1CO. The molecule has 21 heavy (non-hydrogen) atoms. The molecule has 6 heteroatoms. The van der Waals surface area contributed by atoms with Gasteiger partial charge in [0.25, 0.3) is 0 Å². The topological polar surface area (TPSA) is 76.7 Å². The van der Waals surface area contributed by atoms with Crippen LogP contribution in [0.3, 0.4) is 0 Å². The average Bonchev–Trinajstić information content (AvgIpc) is 3.00. The summed E-state index contributed by atoms with van der Waals surface area (Å²) in [6.07, 6.45) is -0.905. The van der Waals surface area contributed by atoms with Crippen molar-refractivity contribution in [1.29, 1.82) is 0 Å². The number of fused-ring (bicyclic) bond motifs is 1. The molecule has 1 aliphatic rings. The zero-order chi connectivity index (χ0) is 15.1. The Labute approximate surface area is 122 Å². The van der Waals surface area contributed by atoms with Crippen LogP contribution < -0.4 is 0 Å². The van der Waals surface area contributed by atoms with Gasteiger partial charge in [0.2, 0.25) is 0 Å². The van der Waals surface area contributed by atoms with Crippen molar-refractivity contribution < 1.29 is 19.7 Å². The Balaban J connectivity index is 2.03. The third kappa shape index (κ3) is 2.24. The lowest BCUT2D eigenvalue weighted by Crippen LogP contribution is -2.35. The number of methoxy groups -OCH3 is 1. The Morgan fingerprint density at radius 2 is 2.05 bits per heavy atom. The Hall–Kier alpha value is -1.47. The van der Waals surface area contributed by atoms with E-state index in [-0.39, 0.29) is 6.61 Å². The van der Waals surface area contributed by atoms with Gasteiger partial charge in [0.15, 0.2) is 6.23 Å². The number of aryl methyl sites for hydroxylation is 2. The molecule has 1 aromatic carbocycles. The fraction of sp³-hybridized carbons (Fsp3) is 0.533. The van der Waals surface area contributed by atoms with Crippen LogP contribution in [0.2, 0.25) is 0 Å². The Morgan fingerprint density at radius 3 is 2.67 bits per heavy atom. The van der Waals surface area contributed by atoms with Gasteiger partial charge in [-0.3, -0.25) is 0 Å². The first-order chi connectivity index (χ1) is 10.1. The molecule has 6 nitrogen and oxygen atoms in total.